The SMILES string of the molecule is Cc1cc(C)nc(Sc2ccc(C(N)=NO)cn2)n1. The van der Waals surface area contributed by atoms with Crippen LogP contribution in [0.3, 0.4) is 0 Å². The first-order valence-electron chi connectivity index (χ1n) is 5.52. The van der Waals surface area contributed by atoms with E-state index in [-0.39, 0.29) is 5.84 Å². The van der Waals surface area contributed by atoms with E-state index in [0.717, 1.165) is 16.4 Å². The van der Waals surface area contributed by atoms with Gasteiger partial charge in [0.25, 0.3) is 0 Å². The lowest BCUT2D eigenvalue weighted by molar-refractivity contribution is 0.318. The molecule has 0 spiro atoms. The highest BCUT2D eigenvalue weighted by atomic mass is 32.2. The van der Waals surface area contributed by atoms with E-state index in [4.69, 9.17) is 10.9 Å². The van der Waals surface area contributed by atoms with E-state index < -0.39 is 0 Å². The standard InChI is InChI=1S/C12H13N5OS/c1-7-5-8(2)16-12(15-7)19-10-4-3-9(6-14-10)11(13)17-18/h3-6,18H,1-2H3,(H2,13,17). The van der Waals surface area contributed by atoms with Crippen molar-refractivity contribution in [1.82, 2.24) is 15.0 Å². The normalized spacial score (nSPS) is 11.6. The number of pyridine rings is 1. The molecule has 0 saturated heterocycles. The van der Waals surface area contributed by atoms with E-state index in [0.29, 0.717) is 10.7 Å². The summed E-state index contributed by atoms with van der Waals surface area (Å²) in [6.45, 7) is 3.85. The minimum Gasteiger partial charge on any atom is -0.409 e. The topological polar surface area (TPSA) is 97.3 Å². The zero-order valence-electron chi connectivity index (χ0n) is 10.5. The molecule has 0 atom stereocenters. The van der Waals surface area contributed by atoms with Crippen LogP contribution in [0, 0.1) is 13.8 Å². The largest absolute Gasteiger partial charge is 0.409 e. The number of nitrogens with two attached hydrogens (primary N) is 1. The Morgan fingerprint density at radius 2 is 1.95 bits per heavy atom. The van der Waals surface area contributed by atoms with Gasteiger partial charge in [0.1, 0.15) is 5.03 Å². The molecule has 0 radical (unpaired) electrons. The number of amidine groups is 1. The van der Waals surface area contributed by atoms with Crippen LogP contribution in [0.2, 0.25) is 0 Å². The Hall–Kier alpha value is -2.15. The summed E-state index contributed by atoms with van der Waals surface area (Å²) in [5, 5.41) is 12.9. The minimum atomic E-state index is 0.0340. The molecule has 0 aliphatic carbocycles. The maximum Gasteiger partial charge on any atom is 0.194 e. The Balaban J connectivity index is 2.19. The highest BCUT2D eigenvalue weighted by Gasteiger charge is 2.05. The lowest BCUT2D eigenvalue weighted by Crippen LogP contribution is -2.13. The molecule has 0 amide bonds. The summed E-state index contributed by atoms with van der Waals surface area (Å²) in [4.78, 5) is 12.9. The third kappa shape index (κ3) is 3.41. The fourth-order valence-electron chi connectivity index (χ4n) is 1.48. The van der Waals surface area contributed by atoms with E-state index >= 15 is 0 Å². The predicted octanol–water partition coefficient (Wildman–Crippen LogP) is 1.73. The highest BCUT2D eigenvalue weighted by molar-refractivity contribution is 7.99. The first-order chi connectivity index (χ1) is 9.08. The molecular formula is C12H13N5OS. The van der Waals surface area contributed by atoms with Crippen molar-refractivity contribution in [3.05, 3.63) is 41.3 Å². The molecule has 2 aromatic rings. The average molecular weight is 275 g/mol. The van der Waals surface area contributed by atoms with E-state index in [1.54, 1.807) is 18.3 Å². The quantitative estimate of drug-likeness (QED) is 0.291. The lowest BCUT2D eigenvalue weighted by atomic mass is 10.3. The van der Waals surface area contributed by atoms with Gasteiger partial charge in [-0.1, -0.05) is 5.16 Å². The van der Waals surface area contributed by atoms with Crippen LogP contribution in [0.15, 0.2) is 39.7 Å². The zero-order chi connectivity index (χ0) is 13.8. The molecule has 2 heterocycles. The number of hydrogen-bond acceptors (Lipinski definition) is 6. The smallest absolute Gasteiger partial charge is 0.194 e. The van der Waals surface area contributed by atoms with E-state index in [2.05, 4.69) is 20.1 Å². The highest BCUT2D eigenvalue weighted by Crippen LogP contribution is 2.22. The van der Waals surface area contributed by atoms with Crippen LogP contribution in [0.1, 0.15) is 17.0 Å². The second-order valence-corrected chi connectivity index (χ2v) is 4.89. The van der Waals surface area contributed by atoms with Gasteiger partial charge in [-0.2, -0.15) is 0 Å². The van der Waals surface area contributed by atoms with Gasteiger partial charge < -0.3 is 10.9 Å². The molecule has 0 bridgehead atoms. The third-order valence-corrected chi connectivity index (χ3v) is 3.11. The Bertz CT molecular complexity index is 592. The maximum atomic E-state index is 8.56. The average Bonchev–Trinajstić information content (AvgIpc) is 2.37. The van der Waals surface area contributed by atoms with Gasteiger partial charge in [-0.25, -0.2) is 15.0 Å². The Kier molecular flexibility index (Phi) is 3.96. The molecule has 7 heteroatoms. The van der Waals surface area contributed by atoms with Crippen molar-refractivity contribution in [2.45, 2.75) is 24.0 Å². The molecule has 6 nitrogen and oxygen atoms in total. The second-order valence-electron chi connectivity index (χ2n) is 3.91. The summed E-state index contributed by atoms with van der Waals surface area (Å²) in [6.07, 6.45) is 1.54. The summed E-state index contributed by atoms with van der Waals surface area (Å²) in [6, 6.07) is 5.42. The Morgan fingerprint density at radius 3 is 2.47 bits per heavy atom. The van der Waals surface area contributed by atoms with Crippen molar-refractivity contribution in [2.75, 3.05) is 0 Å². The molecule has 2 aromatic heterocycles. The summed E-state index contributed by atoms with van der Waals surface area (Å²) in [7, 11) is 0. The molecule has 0 aliphatic rings. The van der Waals surface area contributed by atoms with Crippen molar-refractivity contribution in [3.63, 3.8) is 0 Å². The van der Waals surface area contributed by atoms with Crippen LogP contribution >= 0.6 is 11.8 Å². The molecule has 19 heavy (non-hydrogen) atoms. The van der Waals surface area contributed by atoms with Gasteiger partial charge in [0.15, 0.2) is 11.0 Å². The monoisotopic (exact) mass is 275 g/mol. The molecule has 98 valence electrons. The molecule has 2 rings (SSSR count). The van der Waals surface area contributed by atoms with Gasteiger partial charge in [0.2, 0.25) is 0 Å². The van der Waals surface area contributed by atoms with Gasteiger partial charge in [-0.05, 0) is 43.8 Å². The lowest BCUT2D eigenvalue weighted by Gasteiger charge is -2.03. The summed E-state index contributed by atoms with van der Waals surface area (Å²) < 4.78 is 0. The van der Waals surface area contributed by atoms with Crippen LogP contribution in [-0.2, 0) is 0 Å². The van der Waals surface area contributed by atoms with Crippen LogP contribution in [0.4, 0.5) is 0 Å². The number of aromatic nitrogens is 3. The predicted molar refractivity (Wildman–Crippen MR) is 72.4 cm³/mol. The maximum absolute atomic E-state index is 8.56. The van der Waals surface area contributed by atoms with Gasteiger partial charge in [-0.15, -0.1) is 0 Å². The zero-order valence-corrected chi connectivity index (χ0v) is 11.3. The fraction of sp³-hybridized carbons (Fsp3) is 0.167. The number of aryl methyl sites for hydroxylation is 2. The van der Waals surface area contributed by atoms with Gasteiger partial charge >= 0.3 is 0 Å². The van der Waals surface area contributed by atoms with Crippen molar-refractivity contribution in [2.24, 2.45) is 10.9 Å². The molecule has 0 aliphatic heterocycles. The molecule has 0 aromatic carbocycles. The van der Waals surface area contributed by atoms with Crippen LogP contribution in [-0.4, -0.2) is 26.0 Å². The fourth-order valence-corrected chi connectivity index (χ4v) is 2.29. The van der Waals surface area contributed by atoms with Crippen molar-refractivity contribution < 1.29 is 5.21 Å². The summed E-state index contributed by atoms with van der Waals surface area (Å²) in [5.41, 5.74) is 7.87. The number of rotatable bonds is 3. The van der Waals surface area contributed by atoms with Crippen LogP contribution in [0.25, 0.3) is 0 Å². The third-order valence-electron chi connectivity index (χ3n) is 2.30. The van der Waals surface area contributed by atoms with Gasteiger partial charge in [0, 0.05) is 23.1 Å². The summed E-state index contributed by atoms with van der Waals surface area (Å²) in [5.74, 6) is 0.0340. The molecule has 0 unspecified atom stereocenters. The summed E-state index contributed by atoms with van der Waals surface area (Å²) >= 11 is 1.37. The first-order valence-corrected chi connectivity index (χ1v) is 6.34. The van der Waals surface area contributed by atoms with Gasteiger partial charge in [-0.3, -0.25) is 0 Å². The minimum absolute atomic E-state index is 0.0340. The molecule has 0 saturated carbocycles. The molecule has 0 fully saturated rings. The Labute approximate surface area is 114 Å². The molecular weight excluding hydrogens is 262 g/mol. The number of oxime groups is 1. The second kappa shape index (κ2) is 5.66. The van der Waals surface area contributed by atoms with Crippen molar-refractivity contribution in [3.8, 4) is 0 Å². The van der Waals surface area contributed by atoms with Crippen molar-refractivity contribution in [1.29, 1.82) is 0 Å². The Morgan fingerprint density at radius 1 is 1.26 bits per heavy atom. The van der Waals surface area contributed by atoms with Crippen LogP contribution < -0.4 is 5.73 Å². The number of hydrogen-bond donors (Lipinski definition) is 2. The van der Waals surface area contributed by atoms with E-state index in [1.807, 2.05) is 19.9 Å². The van der Waals surface area contributed by atoms with E-state index in [9.17, 15) is 0 Å². The molecule has 3 N–H and O–H groups in total. The van der Waals surface area contributed by atoms with E-state index in [1.165, 1.54) is 11.8 Å². The van der Waals surface area contributed by atoms with Gasteiger partial charge in [0.05, 0.1) is 0 Å². The van der Waals surface area contributed by atoms with Crippen LogP contribution in [0.5, 0.6) is 0 Å². The van der Waals surface area contributed by atoms with Crippen molar-refractivity contribution >= 4 is 17.6 Å². The number of nitrogens with zero attached hydrogens (tertiary/aromatic N) is 4. The first kappa shape index (κ1) is 13.3.